The highest BCUT2D eigenvalue weighted by Crippen LogP contribution is 2.29. The summed E-state index contributed by atoms with van der Waals surface area (Å²) in [6.07, 6.45) is 2.07. The largest absolute Gasteiger partial charge is 0.298 e. The van der Waals surface area contributed by atoms with Crippen LogP contribution in [0.15, 0.2) is 40.4 Å². The quantitative estimate of drug-likeness (QED) is 0.659. The van der Waals surface area contributed by atoms with Gasteiger partial charge in [-0.15, -0.1) is 11.3 Å². The molecule has 16 heavy (non-hydrogen) atoms. The van der Waals surface area contributed by atoms with Gasteiger partial charge in [0, 0.05) is 6.20 Å². The van der Waals surface area contributed by atoms with Crippen molar-refractivity contribution < 1.29 is 0 Å². The number of hydrogen-bond acceptors (Lipinski definition) is 2. The van der Waals surface area contributed by atoms with Crippen LogP contribution in [0.4, 0.5) is 0 Å². The van der Waals surface area contributed by atoms with Gasteiger partial charge in [-0.25, -0.2) is 4.98 Å². The molecule has 0 unspecified atom stereocenters. The molecular weight excluding hydrogens is 284 g/mol. The van der Waals surface area contributed by atoms with Crippen molar-refractivity contribution in [2.24, 2.45) is 0 Å². The number of rotatable bonds is 1. The monoisotopic (exact) mass is 292 g/mol. The number of thiophene rings is 1. The van der Waals surface area contributed by atoms with Gasteiger partial charge < -0.3 is 0 Å². The third-order valence-corrected chi connectivity index (χ3v) is 3.94. The van der Waals surface area contributed by atoms with Crippen LogP contribution in [0.25, 0.3) is 16.2 Å². The minimum atomic E-state index is 0.902. The Balaban J connectivity index is 2.35. The summed E-state index contributed by atoms with van der Waals surface area (Å²) in [7, 11) is 0. The maximum atomic E-state index is 4.56. The van der Waals surface area contributed by atoms with Crippen LogP contribution in [-0.4, -0.2) is 9.38 Å². The highest BCUT2D eigenvalue weighted by atomic mass is 79.9. The van der Waals surface area contributed by atoms with E-state index in [0.29, 0.717) is 0 Å². The summed E-state index contributed by atoms with van der Waals surface area (Å²) in [5.74, 6) is 0.997. The zero-order valence-electron chi connectivity index (χ0n) is 8.64. The van der Waals surface area contributed by atoms with E-state index in [1.165, 1.54) is 10.4 Å². The summed E-state index contributed by atoms with van der Waals surface area (Å²) in [5, 5.41) is 2.07. The number of aryl methyl sites for hydroxylation is 1. The SMILES string of the molecule is Cc1ccn2c(-c3cccs3)nc(Br)c2c1. The highest BCUT2D eigenvalue weighted by molar-refractivity contribution is 9.10. The van der Waals surface area contributed by atoms with E-state index in [1.807, 2.05) is 6.07 Å². The molecule has 0 aliphatic heterocycles. The average Bonchev–Trinajstić information content (AvgIpc) is 2.87. The molecule has 0 fully saturated rings. The molecule has 0 atom stereocenters. The second kappa shape index (κ2) is 3.71. The summed E-state index contributed by atoms with van der Waals surface area (Å²) >= 11 is 5.21. The Morgan fingerprint density at radius 3 is 3.00 bits per heavy atom. The fourth-order valence-electron chi connectivity index (χ4n) is 1.73. The number of aromatic nitrogens is 2. The van der Waals surface area contributed by atoms with Crippen LogP contribution < -0.4 is 0 Å². The van der Waals surface area contributed by atoms with Gasteiger partial charge in [-0.3, -0.25) is 4.40 Å². The molecule has 0 amide bonds. The van der Waals surface area contributed by atoms with E-state index in [2.05, 4.69) is 62.0 Å². The van der Waals surface area contributed by atoms with Crippen LogP contribution in [0.5, 0.6) is 0 Å². The van der Waals surface area contributed by atoms with Crippen LogP contribution in [0, 0.1) is 6.92 Å². The Morgan fingerprint density at radius 1 is 1.38 bits per heavy atom. The zero-order valence-corrected chi connectivity index (χ0v) is 11.0. The normalized spacial score (nSPS) is 11.1. The number of nitrogens with zero attached hydrogens (tertiary/aromatic N) is 2. The third-order valence-electron chi connectivity index (χ3n) is 2.50. The van der Waals surface area contributed by atoms with Crippen LogP contribution in [0.1, 0.15) is 5.56 Å². The number of imidazole rings is 1. The number of fused-ring (bicyclic) bond motifs is 1. The maximum absolute atomic E-state index is 4.56. The second-order valence-corrected chi connectivity index (χ2v) is 5.36. The molecule has 0 N–H and O–H groups in total. The molecule has 0 radical (unpaired) electrons. The molecule has 80 valence electrons. The molecule has 0 aliphatic carbocycles. The lowest BCUT2D eigenvalue weighted by Crippen LogP contribution is -1.87. The summed E-state index contributed by atoms with van der Waals surface area (Å²) in [6.45, 7) is 2.09. The molecule has 3 heterocycles. The number of halogens is 1. The Labute approximate surface area is 106 Å². The minimum absolute atomic E-state index is 0.902. The standard InChI is InChI=1S/C12H9BrN2S/c1-8-4-5-15-9(7-8)11(13)14-12(15)10-3-2-6-16-10/h2-7H,1H3. The van der Waals surface area contributed by atoms with E-state index in [1.54, 1.807) is 11.3 Å². The fourth-order valence-corrected chi connectivity index (χ4v) is 2.92. The van der Waals surface area contributed by atoms with Crippen LogP contribution in [-0.2, 0) is 0 Å². The van der Waals surface area contributed by atoms with Crippen molar-refractivity contribution in [1.29, 1.82) is 0 Å². The predicted octanol–water partition coefficient (Wildman–Crippen LogP) is 4.13. The average molecular weight is 293 g/mol. The van der Waals surface area contributed by atoms with Gasteiger partial charge in [-0.1, -0.05) is 6.07 Å². The Bertz CT molecular complexity index is 640. The maximum Gasteiger partial charge on any atom is 0.156 e. The van der Waals surface area contributed by atoms with E-state index in [9.17, 15) is 0 Å². The summed E-state index contributed by atoms with van der Waals surface area (Å²) in [4.78, 5) is 5.75. The van der Waals surface area contributed by atoms with Crippen molar-refractivity contribution in [2.45, 2.75) is 6.92 Å². The second-order valence-electron chi connectivity index (χ2n) is 3.66. The first-order valence-electron chi connectivity index (χ1n) is 4.94. The van der Waals surface area contributed by atoms with E-state index >= 15 is 0 Å². The molecule has 3 aromatic rings. The number of pyridine rings is 1. The van der Waals surface area contributed by atoms with E-state index in [4.69, 9.17) is 0 Å². The first-order chi connectivity index (χ1) is 7.75. The van der Waals surface area contributed by atoms with E-state index in [0.717, 1.165) is 15.9 Å². The molecule has 2 nitrogen and oxygen atoms in total. The van der Waals surface area contributed by atoms with Gasteiger partial charge >= 0.3 is 0 Å². The van der Waals surface area contributed by atoms with Gasteiger partial charge in [-0.05, 0) is 52.0 Å². The molecular formula is C12H9BrN2S. The van der Waals surface area contributed by atoms with Crippen LogP contribution in [0.3, 0.4) is 0 Å². The molecule has 0 aromatic carbocycles. The Kier molecular flexibility index (Phi) is 2.33. The highest BCUT2D eigenvalue weighted by Gasteiger charge is 2.11. The zero-order chi connectivity index (χ0) is 11.1. The van der Waals surface area contributed by atoms with Gasteiger partial charge in [0.25, 0.3) is 0 Å². The lowest BCUT2D eigenvalue weighted by molar-refractivity contribution is 1.16. The molecule has 4 heteroatoms. The van der Waals surface area contributed by atoms with Gasteiger partial charge in [0.2, 0.25) is 0 Å². The van der Waals surface area contributed by atoms with Gasteiger partial charge in [0.05, 0.1) is 10.4 Å². The molecule has 0 saturated heterocycles. The molecule has 0 saturated carbocycles. The van der Waals surface area contributed by atoms with Crippen molar-refractivity contribution in [3.63, 3.8) is 0 Å². The van der Waals surface area contributed by atoms with Crippen molar-refractivity contribution in [1.82, 2.24) is 9.38 Å². The summed E-state index contributed by atoms with van der Waals surface area (Å²) in [6, 6.07) is 8.36. The first-order valence-corrected chi connectivity index (χ1v) is 6.61. The van der Waals surface area contributed by atoms with Gasteiger partial charge in [0.15, 0.2) is 5.82 Å². The first kappa shape index (κ1) is 10.1. The van der Waals surface area contributed by atoms with Crippen molar-refractivity contribution in [3.05, 3.63) is 46.0 Å². The van der Waals surface area contributed by atoms with Crippen molar-refractivity contribution >= 4 is 32.8 Å². The molecule has 0 aliphatic rings. The fraction of sp³-hybridized carbons (Fsp3) is 0.0833. The summed E-state index contributed by atoms with van der Waals surface area (Å²) < 4.78 is 3.02. The van der Waals surface area contributed by atoms with Crippen LogP contribution in [0.2, 0.25) is 0 Å². The third kappa shape index (κ3) is 1.49. The Hall–Kier alpha value is -1.13. The lowest BCUT2D eigenvalue weighted by Gasteiger charge is -1.99. The molecule has 3 aromatic heterocycles. The Morgan fingerprint density at radius 2 is 2.25 bits per heavy atom. The minimum Gasteiger partial charge on any atom is -0.298 e. The predicted molar refractivity (Wildman–Crippen MR) is 70.9 cm³/mol. The number of hydrogen-bond donors (Lipinski definition) is 0. The van der Waals surface area contributed by atoms with E-state index in [-0.39, 0.29) is 0 Å². The molecule has 3 rings (SSSR count). The molecule has 0 bridgehead atoms. The van der Waals surface area contributed by atoms with Crippen molar-refractivity contribution in [2.75, 3.05) is 0 Å². The smallest absolute Gasteiger partial charge is 0.156 e. The lowest BCUT2D eigenvalue weighted by atomic mass is 10.3. The molecule has 0 spiro atoms. The van der Waals surface area contributed by atoms with Gasteiger partial charge in [-0.2, -0.15) is 0 Å². The van der Waals surface area contributed by atoms with Gasteiger partial charge in [0.1, 0.15) is 4.60 Å². The van der Waals surface area contributed by atoms with Crippen LogP contribution >= 0.6 is 27.3 Å². The van der Waals surface area contributed by atoms with Crippen molar-refractivity contribution in [3.8, 4) is 10.7 Å². The topological polar surface area (TPSA) is 17.3 Å². The summed E-state index contributed by atoms with van der Waals surface area (Å²) in [5.41, 5.74) is 2.36. The van der Waals surface area contributed by atoms with E-state index < -0.39 is 0 Å².